The maximum absolute atomic E-state index is 13.0. The van der Waals surface area contributed by atoms with E-state index in [9.17, 15) is 23.6 Å². The first-order chi connectivity index (χ1) is 16.8. The van der Waals surface area contributed by atoms with E-state index in [1.165, 1.54) is 79.9 Å². The van der Waals surface area contributed by atoms with Crippen LogP contribution in [0.2, 0.25) is 0 Å². The molecule has 1 heterocycles. The number of halogens is 2. The third-order valence-corrected chi connectivity index (χ3v) is 5.42. The lowest BCUT2D eigenvalue weighted by Gasteiger charge is -2.16. The van der Waals surface area contributed by atoms with Gasteiger partial charge in [0.1, 0.15) is 16.5 Å². The van der Waals surface area contributed by atoms with E-state index >= 15 is 0 Å². The zero-order valence-electron chi connectivity index (χ0n) is 18.2. The Balaban J connectivity index is 1.48. The summed E-state index contributed by atoms with van der Waals surface area (Å²) in [4.78, 5) is 50.7. The standard InChI is InChI=1S/C25H17ClFN3O5/c1-35-25(34)15-3-2-4-19(13-15)30-23(32)20(26)21(24(30)33)28-17-9-5-14(6-10-17)22(31)29-18-11-7-16(27)8-12-18/h2-13,28H,1H3,(H,29,31). The van der Waals surface area contributed by atoms with Gasteiger partial charge < -0.3 is 15.4 Å². The number of benzene rings is 3. The van der Waals surface area contributed by atoms with Crippen molar-refractivity contribution in [2.24, 2.45) is 0 Å². The predicted molar refractivity (Wildman–Crippen MR) is 128 cm³/mol. The van der Waals surface area contributed by atoms with E-state index in [0.717, 1.165) is 4.90 Å². The maximum Gasteiger partial charge on any atom is 0.337 e. The molecule has 1 aliphatic rings. The molecule has 176 valence electrons. The Hall–Kier alpha value is -4.50. The molecule has 0 aromatic heterocycles. The minimum atomic E-state index is -0.753. The van der Waals surface area contributed by atoms with Crippen LogP contribution in [0.3, 0.4) is 0 Å². The van der Waals surface area contributed by atoms with Gasteiger partial charge in [0, 0.05) is 16.9 Å². The van der Waals surface area contributed by atoms with Gasteiger partial charge in [-0.05, 0) is 66.7 Å². The van der Waals surface area contributed by atoms with Crippen molar-refractivity contribution >= 4 is 52.4 Å². The quantitative estimate of drug-likeness (QED) is 0.392. The number of carbonyl (C=O) groups is 4. The van der Waals surface area contributed by atoms with Crippen molar-refractivity contribution in [3.8, 4) is 0 Å². The second-order valence-corrected chi connectivity index (χ2v) is 7.72. The van der Waals surface area contributed by atoms with Crippen molar-refractivity contribution in [2.75, 3.05) is 22.6 Å². The molecule has 3 amide bonds. The summed E-state index contributed by atoms with van der Waals surface area (Å²) in [5.41, 5.74) is 1.33. The first kappa shape index (κ1) is 23.7. The fraction of sp³-hybridized carbons (Fsp3) is 0.0400. The lowest BCUT2D eigenvalue weighted by Crippen LogP contribution is -2.32. The summed E-state index contributed by atoms with van der Waals surface area (Å²) >= 11 is 6.15. The van der Waals surface area contributed by atoms with Crippen LogP contribution in [0.15, 0.2) is 83.5 Å². The van der Waals surface area contributed by atoms with Crippen LogP contribution in [0.25, 0.3) is 0 Å². The van der Waals surface area contributed by atoms with E-state index in [2.05, 4.69) is 15.4 Å². The molecule has 0 saturated carbocycles. The first-order valence-electron chi connectivity index (χ1n) is 10.2. The highest BCUT2D eigenvalue weighted by atomic mass is 35.5. The molecule has 0 spiro atoms. The Morgan fingerprint density at radius 2 is 1.54 bits per heavy atom. The molecular formula is C25H17ClFN3O5. The van der Waals surface area contributed by atoms with Crippen LogP contribution in [-0.4, -0.2) is 30.8 Å². The van der Waals surface area contributed by atoms with Crippen LogP contribution in [0.5, 0.6) is 0 Å². The highest BCUT2D eigenvalue weighted by Gasteiger charge is 2.39. The number of amides is 3. The zero-order chi connectivity index (χ0) is 25.1. The Morgan fingerprint density at radius 3 is 2.20 bits per heavy atom. The van der Waals surface area contributed by atoms with E-state index < -0.39 is 29.5 Å². The van der Waals surface area contributed by atoms with Gasteiger partial charge in [-0.1, -0.05) is 17.7 Å². The maximum atomic E-state index is 13.0. The highest BCUT2D eigenvalue weighted by molar-refractivity contribution is 6.53. The molecule has 0 aliphatic carbocycles. The zero-order valence-corrected chi connectivity index (χ0v) is 18.9. The number of esters is 1. The van der Waals surface area contributed by atoms with Crippen molar-refractivity contribution in [3.05, 3.63) is 100 Å². The lowest BCUT2D eigenvalue weighted by molar-refractivity contribution is -0.120. The van der Waals surface area contributed by atoms with Gasteiger partial charge in [-0.3, -0.25) is 14.4 Å². The SMILES string of the molecule is COC(=O)c1cccc(N2C(=O)C(Cl)=C(Nc3ccc(C(=O)Nc4ccc(F)cc4)cc3)C2=O)c1. The molecule has 0 atom stereocenters. The van der Waals surface area contributed by atoms with E-state index in [4.69, 9.17) is 11.6 Å². The van der Waals surface area contributed by atoms with Gasteiger partial charge in [0.15, 0.2) is 0 Å². The van der Waals surface area contributed by atoms with Gasteiger partial charge >= 0.3 is 5.97 Å². The number of carbonyl (C=O) groups excluding carboxylic acids is 4. The largest absolute Gasteiger partial charge is 0.465 e. The van der Waals surface area contributed by atoms with Gasteiger partial charge in [-0.25, -0.2) is 14.1 Å². The number of imide groups is 1. The third kappa shape index (κ3) is 4.90. The molecule has 2 N–H and O–H groups in total. The second kappa shape index (κ2) is 9.78. The normalized spacial score (nSPS) is 13.2. The number of ether oxygens (including phenoxy) is 1. The topological polar surface area (TPSA) is 105 Å². The van der Waals surface area contributed by atoms with Crippen LogP contribution in [0.1, 0.15) is 20.7 Å². The van der Waals surface area contributed by atoms with E-state index in [-0.39, 0.29) is 22.0 Å². The number of hydrogen-bond acceptors (Lipinski definition) is 6. The van der Waals surface area contributed by atoms with Gasteiger partial charge in [0.05, 0.1) is 18.4 Å². The van der Waals surface area contributed by atoms with Crippen LogP contribution in [-0.2, 0) is 14.3 Å². The number of rotatable bonds is 6. The summed E-state index contributed by atoms with van der Waals surface area (Å²) in [5.74, 6) is -2.91. The first-order valence-corrected chi connectivity index (χ1v) is 10.6. The van der Waals surface area contributed by atoms with Crippen molar-refractivity contribution in [1.29, 1.82) is 0 Å². The minimum Gasteiger partial charge on any atom is -0.465 e. The van der Waals surface area contributed by atoms with Crippen LogP contribution in [0, 0.1) is 5.82 Å². The Labute approximate surface area is 203 Å². The van der Waals surface area contributed by atoms with E-state index in [0.29, 0.717) is 16.9 Å². The molecule has 4 rings (SSSR count). The van der Waals surface area contributed by atoms with Crippen molar-refractivity contribution in [2.45, 2.75) is 0 Å². The van der Waals surface area contributed by atoms with Crippen LogP contribution < -0.4 is 15.5 Å². The summed E-state index contributed by atoms with van der Waals surface area (Å²) in [7, 11) is 1.22. The highest BCUT2D eigenvalue weighted by Crippen LogP contribution is 2.30. The average Bonchev–Trinajstić information content (AvgIpc) is 3.08. The number of methoxy groups -OCH3 is 1. The fourth-order valence-corrected chi connectivity index (χ4v) is 3.53. The lowest BCUT2D eigenvalue weighted by atomic mass is 10.1. The summed E-state index contributed by atoms with van der Waals surface area (Å²) in [6.07, 6.45) is 0. The van der Waals surface area contributed by atoms with E-state index in [1.807, 2.05) is 0 Å². The van der Waals surface area contributed by atoms with Gasteiger partial charge in [0.25, 0.3) is 17.7 Å². The van der Waals surface area contributed by atoms with Crippen LogP contribution in [0.4, 0.5) is 21.5 Å². The summed E-state index contributed by atoms with van der Waals surface area (Å²) < 4.78 is 17.7. The molecule has 3 aromatic carbocycles. The number of nitrogens with zero attached hydrogens (tertiary/aromatic N) is 1. The van der Waals surface area contributed by atoms with Gasteiger partial charge in [0.2, 0.25) is 0 Å². The Kier molecular flexibility index (Phi) is 6.61. The molecule has 10 heteroatoms. The van der Waals surface area contributed by atoms with Crippen molar-refractivity contribution < 1.29 is 28.3 Å². The number of anilines is 3. The summed E-state index contributed by atoms with van der Waals surface area (Å²) in [6, 6.07) is 17.3. The monoisotopic (exact) mass is 493 g/mol. The molecule has 3 aromatic rings. The Morgan fingerprint density at radius 1 is 0.886 bits per heavy atom. The van der Waals surface area contributed by atoms with E-state index in [1.54, 1.807) is 0 Å². The molecular weight excluding hydrogens is 477 g/mol. The number of nitrogens with one attached hydrogen (secondary N) is 2. The molecule has 0 saturated heterocycles. The van der Waals surface area contributed by atoms with Gasteiger partial charge in [-0.2, -0.15) is 0 Å². The smallest absolute Gasteiger partial charge is 0.337 e. The second-order valence-electron chi connectivity index (χ2n) is 7.34. The average molecular weight is 494 g/mol. The molecule has 0 radical (unpaired) electrons. The molecule has 8 nitrogen and oxygen atoms in total. The molecule has 0 unspecified atom stereocenters. The van der Waals surface area contributed by atoms with Crippen molar-refractivity contribution in [1.82, 2.24) is 0 Å². The molecule has 35 heavy (non-hydrogen) atoms. The molecule has 1 aliphatic heterocycles. The summed E-state index contributed by atoms with van der Waals surface area (Å²) in [6.45, 7) is 0. The third-order valence-electron chi connectivity index (χ3n) is 5.07. The minimum absolute atomic E-state index is 0.149. The Bertz CT molecular complexity index is 1370. The molecule has 0 bridgehead atoms. The van der Waals surface area contributed by atoms with Crippen LogP contribution >= 0.6 is 11.6 Å². The van der Waals surface area contributed by atoms with Gasteiger partial charge in [-0.15, -0.1) is 0 Å². The summed E-state index contributed by atoms with van der Waals surface area (Å²) in [5, 5.41) is 5.13. The fourth-order valence-electron chi connectivity index (χ4n) is 3.32. The number of hydrogen-bond donors (Lipinski definition) is 2. The van der Waals surface area contributed by atoms with Crippen molar-refractivity contribution in [3.63, 3.8) is 0 Å². The molecule has 0 fully saturated rings. The predicted octanol–water partition coefficient (Wildman–Crippen LogP) is 4.30.